The van der Waals surface area contributed by atoms with Gasteiger partial charge < -0.3 is 14.7 Å². The summed E-state index contributed by atoms with van der Waals surface area (Å²) in [6, 6.07) is 9.87. The molecule has 2 N–H and O–H groups in total. The molecule has 1 aromatic carbocycles. The van der Waals surface area contributed by atoms with Crippen molar-refractivity contribution >= 4 is 5.91 Å². The summed E-state index contributed by atoms with van der Waals surface area (Å²) >= 11 is 0. The fourth-order valence-electron chi connectivity index (χ4n) is 4.29. The lowest BCUT2D eigenvalue weighted by Crippen LogP contribution is -2.27. The van der Waals surface area contributed by atoms with Crippen LogP contribution >= 0.6 is 0 Å². The fraction of sp³-hybridized carbons (Fsp3) is 0.429. The van der Waals surface area contributed by atoms with Crippen LogP contribution in [0.25, 0.3) is 11.3 Å². The van der Waals surface area contributed by atoms with Gasteiger partial charge in [0.25, 0.3) is 5.91 Å². The van der Waals surface area contributed by atoms with E-state index >= 15 is 0 Å². The predicted octanol–water partition coefficient (Wildman–Crippen LogP) is 5.38. The molecule has 3 heterocycles. The van der Waals surface area contributed by atoms with Gasteiger partial charge in [0, 0.05) is 29.6 Å². The molecule has 8 nitrogen and oxygen atoms in total. The largest absolute Gasteiger partial charge is 0.472 e. The van der Waals surface area contributed by atoms with Gasteiger partial charge in [0.05, 0.1) is 36.8 Å². The Labute approximate surface area is 212 Å². The molecule has 4 rings (SSSR count). The number of imidazole rings is 1. The molecule has 0 radical (unpaired) electrons. The number of nitrogens with zero attached hydrogens (tertiary/aromatic N) is 4. The van der Waals surface area contributed by atoms with Crippen LogP contribution in [0.2, 0.25) is 0 Å². The van der Waals surface area contributed by atoms with Crippen LogP contribution in [-0.2, 0) is 25.8 Å². The van der Waals surface area contributed by atoms with Crippen molar-refractivity contribution in [2.75, 3.05) is 6.54 Å². The zero-order valence-corrected chi connectivity index (χ0v) is 21.1. The van der Waals surface area contributed by atoms with Crippen molar-refractivity contribution in [3.8, 4) is 11.3 Å². The molecule has 8 heteroatoms. The number of aryl methyl sites for hydroxylation is 3. The first-order valence-electron chi connectivity index (χ1n) is 13.0. The highest BCUT2D eigenvalue weighted by atomic mass is 16.3. The minimum absolute atomic E-state index is 0.0522. The van der Waals surface area contributed by atoms with Crippen molar-refractivity contribution < 1.29 is 9.21 Å². The van der Waals surface area contributed by atoms with Crippen LogP contribution in [0.15, 0.2) is 59.8 Å². The predicted molar refractivity (Wildman–Crippen MR) is 140 cm³/mol. The Kier molecular flexibility index (Phi) is 9.47. The van der Waals surface area contributed by atoms with E-state index in [9.17, 15) is 4.79 Å². The zero-order chi connectivity index (χ0) is 25.0. The molecule has 0 saturated heterocycles. The van der Waals surface area contributed by atoms with Gasteiger partial charge in [-0.3, -0.25) is 9.48 Å². The first-order chi connectivity index (χ1) is 17.7. The molecule has 0 unspecified atom stereocenters. The standard InChI is InChI=1S/C28H36N6O2/c1-2-3-5-8-22-11-13-23(14-12-22)28(35)29-16-17-34-19-25(32-33-34)9-6-4-7-10-26-27(31-21-30-26)24-15-18-36-20-24/h11-15,18-21H,2-10,16-17H2,1H3,(H,29,35)(H,30,31). The van der Waals surface area contributed by atoms with Crippen LogP contribution in [0, 0.1) is 0 Å². The summed E-state index contributed by atoms with van der Waals surface area (Å²) in [5, 5.41) is 11.5. The van der Waals surface area contributed by atoms with Crippen LogP contribution in [0.4, 0.5) is 0 Å². The van der Waals surface area contributed by atoms with Crippen molar-refractivity contribution in [2.24, 2.45) is 0 Å². The highest BCUT2D eigenvalue weighted by molar-refractivity contribution is 5.94. The summed E-state index contributed by atoms with van der Waals surface area (Å²) in [4.78, 5) is 20.1. The Morgan fingerprint density at radius 1 is 1.03 bits per heavy atom. The molecule has 0 fully saturated rings. The number of H-pyrrole nitrogens is 1. The van der Waals surface area contributed by atoms with Gasteiger partial charge in [-0.25, -0.2) is 4.98 Å². The number of rotatable bonds is 15. The molecular formula is C28H36N6O2. The van der Waals surface area contributed by atoms with E-state index in [4.69, 9.17) is 4.42 Å². The minimum atomic E-state index is -0.0522. The molecule has 0 aliphatic heterocycles. The minimum Gasteiger partial charge on any atom is -0.472 e. The summed E-state index contributed by atoms with van der Waals surface area (Å²) in [5.74, 6) is -0.0522. The summed E-state index contributed by atoms with van der Waals surface area (Å²) < 4.78 is 6.97. The number of benzene rings is 1. The van der Waals surface area contributed by atoms with Crippen molar-refractivity contribution in [1.82, 2.24) is 30.3 Å². The number of carbonyl (C=O) groups is 1. The maximum Gasteiger partial charge on any atom is 0.251 e. The second-order valence-electron chi connectivity index (χ2n) is 9.19. The highest BCUT2D eigenvalue weighted by Gasteiger charge is 2.10. The van der Waals surface area contributed by atoms with Crippen molar-refractivity contribution in [2.45, 2.75) is 71.3 Å². The second kappa shape index (κ2) is 13.4. The topological polar surface area (TPSA) is 102 Å². The first-order valence-corrected chi connectivity index (χ1v) is 13.0. The molecule has 3 aromatic heterocycles. The van der Waals surface area contributed by atoms with E-state index in [-0.39, 0.29) is 5.91 Å². The number of carbonyl (C=O) groups excluding carboxylic acids is 1. The van der Waals surface area contributed by atoms with E-state index in [1.54, 1.807) is 23.5 Å². The van der Waals surface area contributed by atoms with Crippen LogP contribution in [0.3, 0.4) is 0 Å². The van der Waals surface area contributed by atoms with Crippen molar-refractivity contribution in [3.05, 3.63) is 77.9 Å². The van der Waals surface area contributed by atoms with Gasteiger partial charge in [-0.15, -0.1) is 5.10 Å². The smallest absolute Gasteiger partial charge is 0.251 e. The average Bonchev–Trinajstić information content (AvgIpc) is 3.67. The Balaban J connectivity index is 1.11. The molecule has 0 spiro atoms. The highest BCUT2D eigenvalue weighted by Crippen LogP contribution is 2.22. The molecule has 190 valence electrons. The average molecular weight is 489 g/mol. The summed E-state index contributed by atoms with van der Waals surface area (Å²) in [6.45, 7) is 3.33. The summed E-state index contributed by atoms with van der Waals surface area (Å²) in [6.07, 6.45) is 16.9. The fourth-order valence-corrected chi connectivity index (χ4v) is 4.29. The monoisotopic (exact) mass is 488 g/mol. The molecule has 0 atom stereocenters. The number of unbranched alkanes of at least 4 members (excludes halogenated alkanes) is 4. The lowest BCUT2D eigenvalue weighted by Gasteiger charge is -2.06. The van der Waals surface area contributed by atoms with Gasteiger partial charge in [-0.1, -0.05) is 43.5 Å². The van der Waals surface area contributed by atoms with Crippen LogP contribution in [0.1, 0.15) is 72.8 Å². The molecule has 0 aliphatic carbocycles. The van der Waals surface area contributed by atoms with Crippen LogP contribution in [0.5, 0.6) is 0 Å². The van der Waals surface area contributed by atoms with Gasteiger partial charge >= 0.3 is 0 Å². The normalized spacial score (nSPS) is 11.1. The third-order valence-electron chi connectivity index (χ3n) is 6.37. The number of hydrogen-bond acceptors (Lipinski definition) is 5. The van der Waals surface area contributed by atoms with Crippen LogP contribution < -0.4 is 5.32 Å². The molecule has 1 amide bonds. The number of hydrogen-bond donors (Lipinski definition) is 2. The maximum absolute atomic E-state index is 12.4. The van der Waals surface area contributed by atoms with E-state index in [1.807, 2.05) is 24.4 Å². The molecule has 4 aromatic rings. The molecule has 0 aliphatic rings. The van der Waals surface area contributed by atoms with Gasteiger partial charge in [-0.05, 0) is 62.3 Å². The van der Waals surface area contributed by atoms with E-state index in [1.165, 1.54) is 24.8 Å². The van der Waals surface area contributed by atoms with Gasteiger partial charge in [0.2, 0.25) is 0 Å². The van der Waals surface area contributed by atoms with Gasteiger partial charge in [-0.2, -0.15) is 0 Å². The Morgan fingerprint density at radius 2 is 1.86 bits per heavy atom. The van der Waals surface area contributed by atoms with Gasteiger partial charge in [0.1, 0.15) is 0 Å². The van der Waals surface area contributed by atoms with Crippen molar-refractivity contribution in [3.63, 3.8) is 0 Å². The van der Waals surface area contributed by atoms with Gasteiger partial charge in [0.15, 0.2) is 0 Å². The van der Waals surface area contributed by atoms with E-state index in [0.717, 1.165) is 61.2 Å². The Morgan fingerprint density at radius 3 is 2.67 bits per heavy atom. The molecular weight excluding hydrogens is 452 g/mol. The number of nitrogens with one attached hydrogen (secondary N) is 2. The summed E-state index contributed by atoms with van der Waals surface area (Å²) in [7, 11) is 0. The third kappa shape index (κ3) is 7.41. The lowest BCUT2D eigenvalue weighted by molar-refractivity contribution is 0.0952. The molecule has 0 saturated carbocycles. The molecule has 36 heavy (non-hydrogen) atoms. The van der Waals surface area contributed by atoms with Crippen molar-refractivity contribution in [1.29, 1.82) is 0 Å². The number of amides is 1. The first kappa shape index (κ1) is 25.4. The Hall–Kier alpha value is -3.68. The lowest BCUT2D eigenvalue weighted by atomic mass is 10.1. The van der Waals surface area contributed by atoms with E-state index in [2.05, 4.69) is 44.7 Å². The summed E-state index contributed by atoms with van der Waals surface area (Å²) in [5.41, 5.74) is 6.09. The Bertz CT molecular complexity index is 1180. The number of furan rings is 1. The molecule has 0 bridgehead atoms. The SMILES string of the molecule is CCCCCc1ccc(C(=O)NCCn2cc(CCCCCc3[nH]cnc3-c3ccoc3)nn2)cc1. The quantitative estimate of drug-likeness (QED) is 0.219. The second-order valence-corrected chi connectivity index (χ2v) is 9.19. The maximum atomic E-state index is 12.4. The van der Waals surface area contributed by atoms with E-state index in [0.29, 0.717) is 18.7 Å². The number of aromatic amines is 1. The number of aromatic nitrogens is 5. The zero-order valence-electron chi connectivity index (χ0n) is 21.1. The van der Waals surface area contributed by atoms with Crippen LogP contribution in [-0.4, -0.2) is 37.4 Å². The third-order valence-corrected chi connectivity index (χ3v) is 6.37. The van der Waals surface area contributed by atoms with E-state index < -0.39 is 0 Å².